The number of benzene rings is 2. The number of allylic oxidation sites excluding steroid dienone is 1. The highest BCUT2D eigenvalue weighted by Gasteiger charge is 2.61. The number of halogens is 2. The molecule has 3 rings (SSSR count). The third kappa shape index (κ3) is 2.73. The fourth-order valence-electron chi connectivity index (χ4n) is 3.03. The van der Waals surface area contributed by atoms with E-state index in [-0.39, 0.29) is 27.7 Å². The number of carbonyl (C=O) groups is 1. The molecule has 1 aliphatic carbocycles. The van der Waals surface area contributed by atoms with Crippen molar-refractivity contribution in [3.05, 3.63) is 53.0 Å². The van der Waals surface area contributed by atoms with E-state index < -0.39 is 0 Å². The first kappa shape index (κ1) is 15.4. The zero-order chi connectivity index (χ0) is 15.9. The minimum Gasteiger partial charge on any atom is -0.426 e. The maximum Gasteiger partial charge on any atom is 0.315 e. The van der Waals surface area contributed by atoms with Gasteiger partial charge in [0.15, 0.2) is 0 Å². The van der Waals surface area contributed by atoms with Gasteiger partial charge in [0.05, 0.1) is 5.92 Å². The monoisotopic (exact) mass is 334 g/mol. The quantitative estimate of drug-likeness (QED) is 0.559. The van der Waals surface area contributed by atoms with E-state index in [1.54, 1.807) is 6.08 Å². The smallest absolute Gasteiger partial charge is 0.315 e. The molecule has 2 aromatic rings. The van der Waals surface area contributed by atoms with Gasteiger partial charge in [-0.05, 0) is 28.9 Å². The van der Waals surface area contributed by atoms with Crippen molar-refractivity contribution < 1.29 is 9.53 Å². The summed E-state index contributed by atoms with van der Waals surface area (Å²) in [7, 11) is 0. The van der Waals surface area contributed by atoms with Gasteiger partial charge in [-0.25, -0.2) is 0 Å². The van der Waals surface area contributed by atoms with Crippen molar-refractivity contribution in [2.24, 2.45) is 17.3 Å². The predicted molar refractivity (Wildman–Crippen MR) is 90.1 cm³/mol. The molecule has 1 aliphatic rings. The first-order valence-electron chi connectivity index (χ1n) is 7.13. The highest BCUT2D eigenvalue weighted by Crippen LogP contribution is 2.60. The summed E-state index contributed by atoms with van der Waals surface area (Å²) in [5, 5.41) is 1.97. The van der Waals surface area contributed by atoms with Crippen molar-refractivity contribution in [1.29, 1.82) is 0 Å². The van der Waals surface area contributed by atoms with Crippen molar-refractivity contribution in [3.8, 4) is 5.75 Å². The molecule has 0 N–H and O–H groups in total. The van der Waals surface area contributed by atoms with Crippen molar-refractivity contribution >= 4 is 39.9 Å². The number of hydrogen-bond donors (Lipinski definition) is 0. The molecule has 1 fully saturated rings. The van der Waals surface area contributed by atoms with Crippen molar-refractivity contribution in [2.75, 3.05) is 0 Å². The van der Waals surface area contributed by atoms with E-state index >= 15 is 0 Å². The van der Waals surface area contributed by atoms with E-state index in [1.165, 1.54) is 0 Å². The lowest BCUT2D eigenvalue weighted by Gasteiger charge is -2.08. The van der Waals surface area contributed by atoms with Crippen LogP contribution in [0.3, 0.4) is 0 Å². The van der Waals surface area contributed by atoms with Crippen molar-refractivity contribution in [1.82, 2.24) is 0 Å². The van der Waals surface area contributed by atoms with Gasteiger partial charge in [-0.3, -0.25) is 4.79 Å². The van der Waals surface area contributed by atoms with Crippen LogP contribution in [0.1, 0.15) is 13.8 Å². The average Bonchev–Trinajstić information content (AvgIpc) is 2.99. The molecule has 22 heavy (non-hydrogen) atoms. The topological polar surface area (TPSA) is 26.3 Å². The van der Waals surface area contributed by atoms with Gasteiger partial charge in [0.2, 0.25) is 0 Å². The van der Waals surface area contributed by atoms with Crippen LogP contribution in [0.25, 0.3) is 10.8 Å². The molecule has 2 unspecified atom stereocenters. The summed E-state index contributed by atoms with van der Waals surface area (Å²) < 4.78 is 5.84. The van der Waals surface area contributed by atoms with Crippen LogP contribution in [-0.2, 0) is 4.79 Å². The van der Waals surface area contributed by atoms with Gasteiger partial charge in [0, 0.05) is 5.39 Å². The predicted octanol–water partition coefficient (Wildman–Crippen LogP) is 5.34. The Morgan fingerprint density at radius 1 is 1.14 bits per heavy atom. The third-order valence-corrected chi connectivity index (χ3v) is 4.68. The molecule has 114 valence electrons. The summed E-state index contributed by atoms with van der Waals surface area (Å²) in [5.41, 5.74) is -0.184. The molecule has 1 saturated carbocycles. The zero-order valence-electron chi connectivity index (χ0n) is 12.3. The Morgan fingerprint density at radius 2 is 1.82 bits per heavy atom. The molecule has 0 aliphatic heterocycles. The maximum atomic E-state index is 12.5. The average molecular weight is 335 g/mol. The largest absolute Gasteiger partial charge is 0.426 e. The molecule has 0 amide bonds. The van der Waals surface area contributed by atoms with Gasteiger partial charge in [-0.15, -0.1) is 0 Å². The maximum absolute atomic E-state index is 12.5. The molecule has 0 saturated heterocycles. The molecule has 0 heterocycles. The van der Waals surface area contributed by atoms with Crippen LogP contribution in [0, 0.1) is 17.3 Å². The van der Waals surface area contributed by atoms with Crippen molar-refractivity contribution in [3.63, 3.8) is 0 Å². The Labute approximate surface area is 139 Å². The molecular weight excluding hydrogens is 319 g/mol. The number of carbonyl (C=O) groups excluding carboxylic acids is 1. The van der Waals surface area contributed by atoms with E-state index in [1.807, 2.05) is 56.3 Å². The third-order valence-electron chi connectivity index (χ3n) is 4.43. The SMILES string of the molecule is CC1(C)C(C=C(Cl)Cl)C1C(=O)Oc1cccc2ccccc12. The number of ether oxygens (including phenoxy) is 1. The zero-order valence-corrected chi connectivity index (χ0v) is 13.9. The minimum atomic E-state index is -0.239. The Balaban J connectivity index is 1.84. The van der Waals surface area contributed by atoms with E-state index in [9.17, 15) is 4.79 Å². The Morgan fingerprint density at radius 3 is 2.55 bits per heavy atom. The molecule has 2 nitrogen and oxygen atoms in total. The molecule has 2 atom stereocenters. The standard InChI is InChI=1S/C18H16Cl2O2/c1-18(2)13(10-15(19)20)16(18)17(21)22-14-9-5-7-11-6-3-4-8-12(11)14/h3-10,13,16H,1-2H3. The van der Waals surface area contributed by atoms with E-state index in [4.69, 9.17) is 27.9 Å². The van der Waals surface area contributed by atoms with Gasteiger partial charge < -0.3 is 4.74 Å². The first-order chi connectivity index (χ1) is 10.4. The lowest BCUT2D eigenvalue weighted by atomic mass is 10.1. The highest BCUT2D eigenvalue weighted by molar-refractivity contribution is 6.55. The van der Waals surface area contributed by atoms with Crippen LogP contribution in [0.5, 0.6) is 5.75 Å². The fourth-order valence-corrected chi connectivity index (χ4v) is 3.30. The summed E-state index contributed by atoms with van der Waals surface area (Å²) in [5.74, 6) is 0.140. The van der Waals surface area contributed by atoms with Crippen LogP contribution >= 0.6 is 23.2 Å². The summed E-state index contributed by atoms with van der Waals surface area (Å²) in [4.78, 5) is 12.5. The molecular formula is C18H16Cl2O2. The summed E-state index contributed by atoms with van der Waals surface area (Å²) in [6.07, 6.45) is 1.72. The lowest BCUT2D eigenvalue weighted by Crippen LogP contribution is -2.14. The second-order valence-corrected chi connectivity index (χ2v) is 7.19. The molecule has 0 bridgehead atoms. The number of esters is 1. The molecule has 0 radical (unpaired) electrons. The van der Waals surface area contributed by atoms with Crippen molar-refractivity contribution in [2.45, 2.75) is 13.8 Å². The Bertz CT molecular complexity index is 755. The van der Waals surface area contributed by atoms with Crippen LogP contribution in [0.15, 0.2) is 53.0 Å². The van der Waals surface area contributed by atoms with Gasteiger partial charge in [-0.1, -0.05) is 73.4 Å². The first-order valence-corrected chi connectivity index (χ1v) is 7.89. The summed E-state index contributed by atoms with van der Waals surface area (Å²) >= 11 is 11.4. The van der Waals surface area contributed by atoms with Gasteiger partial charge in [-0.2, -0.15) is 0 Å². The fraction of sp³-hybridized carbons (Fsp3) is 0.278. The second kappa shape index (κ2) is 5.60. The number of fused-ring (bicyclic) bond motifs is 1. The minimum absolute atomic E-state index is 0.0139. The van der Waals surface area contributed by atoms with Crippen LogP contribution in [0.2, 0.25) is 0 Å². The van der Waals surface area contributed by atoms with Gasteiger partial charge in [0.25, 0.3) is 0 Å². The van der Waals surface area contributed by atoms with Gasteiger partial charge >= 0.3 is 5.97 Å². The van der Waals surface area contributed by atoms with Crippen LogP contribution in [-0.4, -0.2) is 5.97 Å². The Hall–Kier alpha value is -1.51. The molecule has 0 aromatic heterocycles. The number of rotatable bonds is 3. The van der Waals surface area contributed by atoms with E-state index in [0.29, 0.717) is 5.75 Å². The van der Waals surface area contributed by atoms with Crippen LogP contribution in [0.4, 0.5) is 0 Å². The van der Waals surface area contributed by atoms with E-state index in [0.717, 1.165) is 10.8 Å². The van der Waals surface area contributed by atoms with E-state index in [2.05, 4.69) is 0 Å². The van der Waals surface area contributed by atoms with Gasteiger partial charge in [0.1, 0.15) is 10.2 Å². The summed E-state index contributed by atoms with van der Waals surface area (Å²) in [6, 6.07) is 13.5. The molecule has 0 spiro atoms. The summed E-state index contributed by atoms with van der Waals surface area (Å²) in [6.45, 7) is 4.03. The normalized spacial score (nSPS) is 22.2. The second-order valence-electron chi connectivity index (χ2n) is 6.18. The highest BCUT2D eigenvalue weighted by atomic mass is 35.5. The molecule has 4 heteroatoms. The molecule has 2 aromatic carbocycles. The lowest BCUT2D eigenvalue weighted by molar-refractivity contribution is -0.136. The van der Waals surface area contributed by atoms with Crippen LogP contribution < -0.4 is 4.74 Å². The Kier molecular flexibility index (Phi) is 3.92. The number of hydrogen-bond acceptors (Lipinski definition) is 2.